The van der Waals surface area contributed by atoms with Crippen LogP contribution >= 0.6 is 23.2 Å². The highest BCUT2D eigenvalue weighted by molar-refractivity contribution is 6.42. The van der Waals surface area contributed by atoms with Crippen molar-refractivity contribution in [1.82, 2.24) is 0 Å². The number of benzene rings is 1. The summed E-state index contributed by atoms with van der Waals surface area (Å²) in [6, 6.07) is 6.02. The van der Waals surface area contributed by atoms with Gasteiger partial charge in [0.05, 0.1) is 10.0 Å². The first-order chi connectivity index (χ1) is 7.68. The summed E-state index contributed by atoms with van der Waals surface area (Å²) in [6.07, 6.45) is 6.08. The Morgan fingerprint density at radius 2 is 1.81 bits per heavy atom. The maximum atomic E-state index is 6.09. The predicted octanol–water partition coefficient (Wildman–Crippen LogP) is 4.15. The zero-order valence-electron chi connectivity index (χ0n) is 9.31. The Hall–Kier alpha value is -0.240. The second-order valence-corrected chi connectivity index (χ2v) is 5.47. The Balaban J connectivity index is 2.35. The summed E-state index contributed by atoms with van der Waals surface area (Å²) in [4.78, 5) is 0. The Kier molecular flexibility index (Phi) is 3.78. The first-order valence-corrected chi connectivity index (χ1v) is 6.59. The van der Waals surface area contributed by atoms with E-state index in [-0.39, 0.29) is 5.41 Å². The third-order valence-corrected chi connectivity index (χ3v) is 4.45. The molecule has 88 valence electrons. The van der Waals surface area contributed by atoms with Crippen molar-refractivity contribution in [3.8, 4) is 0 Å². The van der Waals surface area contributed by atoms with E-state index < -0.39 is 0 Å². The molecule has 0 spiro atoms. The van der Waals surface area contributed by atoms with Gasteiger partial charge in [0.15, 0.2) is 0 Å². The second-order valence-electron chi connectivity index (χ2n) is 4.65. The molecular formula is C13H17Cl2N. The largest absolute Gasteiger partial charge is 0.330 e. The Bertz CT molecular complexity index is 370. The molecule has 0 atom stereocenters. The maximum absolute atomic E-state index is 6.09. The highest BCUT2D eigenvalue weighted by atomic mass is 35.5. The lowest BCUT2D eigenvalue weighted by atomic mass is 9.76. The minimum atomic E-state index is 0.253. The summed E-state index contributed by atoms with van der Waals surface area (Å²) in [5, 5.41) is 1.29. The van der Waals surface area contributed by atoms with Crippen molar-refractivity contribution in [2.45, 2.75) is 37.5 Å². The lowest BCUT2D eigenvalue weighted by molar-refractivity contribution is 0.412. The number of hydrogen-bond acceptors (Lipinski definition) is 1. The lowest BCUT2D eigenvalue weighted by Crippen LogP contribution is -2.25. The standard InChI is InChI=1S/C13H17Cl2N/c14-11-4-3-10(9-12(11)15)13(7-8-16)5-1-2-6-13/h3-4,9H,1-2,5-8,16H2. The van der Waals surface area contributed by atoms with E-state index in [4.69, 9.17) is 28.9 Å². The molecule has 3 heteroatoms. The molecule has 0 saturated heterocycles. The minimum Gasteiger partial charge on any atom is -0.330 e. The van der Waals surface area contributed by atoms with Gasteiger partial charge in [-0.3, -0.25) is 0 Å². The molecule has 0 bridgehead atoms. The van der Waals surface area contributed by atoms with E-state index in [1.54, 1.807) is 0 Å². The maximum Gasteiger partial charge on any atom is 0.0595 e. The molecule has 2 rings (SSSR count). The van der Waals surface area contributed by atoms with Gasteiger partial charge in [-0.15, -0.1) is 0 Å². The van der Waals surface area contributed by atoms with E-state index in [2.05, 4.69) is 6.07 Å². The van der Waals surface area contributed by atoms with Crippen LogP contribution in [0.4, 0.5) is 0 Å². The molecule has 0 amide bonds. The molecule has 1 aliphatic rings. The highest BCUT2D eigenvalue weighted by Gasteiger charge is 2.34. The van der Waals surface area contributed by atoms with Crippen molar-refractivity contribution in [2.75, 3.05) is 6.54 Å². The predicted molar refractivity (Wildman–Crippen MR) is 70.3 cm³/mol. The minimum absolute atomic E-state index is 0.253. The van der Waals surface area contributed by atoms with Gasteiger partial charge in [-0.05, 0) is 48.9 Å². The lowest BCUT2D eigenvalue weighted by Gasteiger charge is -2.29. The summed E-state index contributed by atoms with van der Waals surface area (Å²) in [7, 11) is 0. The van der Waals surface area contributed by atoms with Gasteiger partial charge >= 0.3 is 0 Å². The van der Waals surface area contributed by atoms with Gasteiger partial charge in [-0.1, -0.05) is 42.1 Å². The van der Waals surface area contributed by atoms with Crippen LogP contribution in [0.1, 0.15) is 37.7 Å². The monoisotopic (exact) mass is 257 g/mol. The molecule has 1 aromatic rings. The molecule has 16 heavy (non-hydrogen) atoms. The van der Waals surface area contributed by atoms with Crippen LogP contribution in [0, 0.1) is 0 Å². The molecule has 0 aliphatic heterocycles. The molecular weight excluding hydrogens is 241 g/mol. The molecule has 0 radical (unpaired) electrons. The number of nitrogens with two attached hydrogens (primary N) is 1. The van der Waals surface area contributed by atoms with E-state index in [0.717, 1.165) is 13.0 Å². The molecule has 2 N–H and O–H groups in total. The van der Waals surface area contributed by atoms with Crippen LogP contribution in [0.2, 0.25) is 10.0 Å². The van der Waals surface area contributed by atoms with Crippen molar-refractivity contribution in [1.29, 1.82) is 0 Å². The SMILES string of the molecule is NCCC1(c2ccc(Cl)c(Cl)c2)CCCC1. The second kappa shape index (κ2) is 4.95. The van der Waals surface area contributed by atoms with Crippen LogP contribution < -0.4 is 5.73 Å². The van der Waals surface area contributed by atoms with Gasteiger partial charge < -0.3 is 5.73 Å². The van der Waals surface area contributed by atoms with Crippen molar-refractivity contribution in [3.05, 3.63) is 33.8 Å². The van der Waals surface area contributed by atoms with Crippen LogP contribution in [0.5, 0.6) is 0 Å². The van der Waals surface area contributed by atoms with Gasteiger partial charge in [0.1, 0.15) is 0 Å². The molecule has 1 fully saturated rings. The van der Waals surface area contributed by atoms with E-state index in [0.29, 0.717) is 10.0 Å². The van der Waals surface area contributed by atoms with Gasteiger partial charge in [0.25, 0.3) is 0 Å². The number of halogens is 2. The Labute approximate surface area is 107 Å². The highest BCUT2D eigenvalue weighted by Crippen LogP contribution is 2.44. The summed E-state index contributed by atoms with van der Waals surface area (Å²) in [6.45, 7) is 0.736. The van der Waals surface area contributed by atoms with Crippen molar-refractivity contribution in [3.63, 3.8) is 0 Å². The Morgan fingerprint density at radius 1 is 1.12 bits per heavy atom. The fraction of sp³-hybridized carbons (Fsp3) is 0.538. The van der Waals surface area contributed by atoms with E-state index in [9.17, 15) is 0 Å². The van der Waals surface area contributed by atoms with Gasteiger partial charge in [-0.25, -0.2) is 0 Å². The quantitative estimate of drug-likeness (QED) is 0.865. The molecule has 1 aromatic carbocycles. The van der Waals surface area contributed by atoms with Crippen molar-refractivity contribution in [2.24, 2.45) is 5.73 Å². The van der Waals surface area contributed by atoms with E-state index in [1.165, 1.54) is 31.2 Å². The molecule has 0 heterocycles. The molecule has 0 aromatic heterocycles. The zero-order chi connectivity index (χ0) is 11.6. The van der Waals surface area contributed by atoms with Gasteiger partial charge in [0.2, 0.25) is 0 Å². The average Bonchev–Trinajstić information content (AvgIpc) is 2.72. The molecule has 1 aliphatic carbocycles. The van der Waals surface area contributed by atoms with Gasteiger partial charge in [0, 0.05) is 0 Å². The average molecular weight is 258 g/mol. The number of hydrogen-bond donors (Lipinski definition) is 1. The molecule has 1 nitrogen and oxygen atoms in total. The van der Waals surface area contributed by atoms with E-state index in [1.807, 2.05) is 12.1 Å². The third-order valence-electron chi connectivity index (χ3n) is 3.72. The van der Waals surface area contributed by atoms with Gasteiger partial charge in [-0.2, -0.15) is 0 Å². The topological polar surface area (TPSA) is 26.0 Å². The third kappa shape index (κ3) is 2.22. The van der Waals surface area contributed by atoms with E-state index >= 15 is 0 Å². The normalized spacial score (nSPS) is 18.9. The Morgan fingerprint density at radius 3 is 2.38 bits per heavy atom. The van der Waals surface area contributed by atoms with Crippen LogP contribution in [-0.2, 0) is 5.41 Å². The summed E-state index contributed by atoms with van der Waals surface area (Å²) < 4.78 is 0. The fourth-order valence-corrected chi connectivity index (χ4v) is 3.14. The van der Waals surface area contributed by atoms with Crippen LogP contribution in [-0.4, -0.2) is 6.54 Å². The molecule has 0 unspecified atom stereocenters. The smallest absolute Gasteiger partial charge is 0.0595 e. The summed E-state index contributed by atoms with van der Waals surface area (Å²) in [5.41, 5.74) is 7.30. The van der Waals surface area contributed by atoms with Crippen LogP contribution in [0.25, 0.3) is 0 Å². The fourth-order valence-electron chi connectivity index (χ4n) is 2.84. The first kappa shape index (κ1) is 12.2. The molecule has 1 saturated carbocycles. The summed E-state index contributed by atoms with van der Waals surface area (Å²) >= 11 is 12.0. The van der Waals surface area contributed by atoms with Crippen LogP contribution in [0.3, 0.4) is 0 Å². The van der Waals surface area contributed by atoms with Crippen molar-refractivity contribution >= 4 is 23.2 Å². The number of rotatable bonds is 3. The van der Waals surface area contributed by atoms with Crippen LogP contribution in [0.15, 0.2) is 18.2 Å². The zero-order valence-corrected chi connectivity index (χ0v) is 10.8. The first-order valence-electron chi connectivity index (χ1n) is 5.83. The summed E-state index contributed by atoms with van der Waals surface area (Å²) in [5.74, 6) is 0. The van der Waals surface area contributed by atoms with Crippen molar-refractivity contribution < 1.29 is 0 Å².